The van der Waals surface area contributed by atoms with Gasteiger partial charge in [0.2, 0.25) is 0 Å². The Morgan fingerprint density at radius 2 is 1.55 bits per heavy atom. The first-order valence-electron chi connectivity index (χ1n) is 10.5. The summed E-state index contributed by atoms with van der Waals surface area (Å²) in [4.78, 5) is 29.3. The summed E-state index contributed by atoms with van der Waals surface area (Å²) in [5, 5.41) is 2.82. The van der Waals surface area contributed by atoms with Gasteiger partial charge in [-0.15, -0.1) is 0 Å². The number of benzene rings is 2. The zero-order chi connectivity index (χ0) is 24.1. The minimum absolute atomic E-state index is 0.0193. The Kier molecular flexibility index (Phi) is 7.71. The number of hydrogen-bond acceptors (Lipinski definition) is 3. The second-order valence-corrected chi connectivity index (χ2v) is 8.24. The van der Waals surface area contributed by atoms with Crippen LogP contribution in [0, 0.1) is 24.4 Å². The maximum Gasteiger partial charge on any atom is 0.318 e. The normalized spacial score (nSPS) is 16.7. The minimum atomic E-state index is -1.02. The molecule has 2 aromatic carbocycles. The molecular weight excluding hydrogens is 431 g/mol. The summed E-state index contributed by atoms with van der Waals surface area (Å²) in [7, 11) is 3.78. The van der Waals surface area contributed by atoms with Crippen LogP contribution in [0.15, 0.2) is 47.5 Å². The molecule has 0 spiro atoms. The fourth-order valence-electron chi connectivity index (χ4n) is 3.44. The smallest absolute Gasteiger partial charge is 0.318 e. The van der Waals surface area contributed by atoms with Gasteiger partial charge in [-0.25, -0.2) is 18.0 Å². The van der Waals surface area contributed by atoms with Gasteiger partial charge in [0.15, 0.2) is 17.4 Å². The fourth-order valence-corrected chi connectivity index (χ4v) is 3.44. The Hall–Kier alpha value is -3.39. The number of aryl methyl sites for hydroxylation is 1. The van der Waals surface area contributed by atoms with Crippen LogP contribution in [-0.2, 0) is 4.79 Å². The van der Waals surface area contributed by atoms with Gasteiger partial charge in [-0.2, -0.15) is 0 Å². The zero-order valence-electron chi connectivity index (χ0n) is 18.8. The lowest BCUT2D eigenvalue weighted by Crippen LogP contribution is -2.47. The van der Waals surface area contributed by atoms with Crippen LogP contribution in [0.25, 0.3) is 12.2 Å². The Morgan fingerprint density at radius 1 is 0.970 bits per heavy atom. The third-order valence-corrected chi connectivity index (χ3v) is 5.24. The number of amides is 2. The van der Waals surface area contributed by atoms with Crippen molar-refractivity contribution in [3.05, 3.63) is 81.7 Å². The molecule has 33 heavy (non-hydrogen) atoms. The van der Waals surface area contributed by atoms with Crippen molar-refractivity contribution in [3.63, 3.8) is 0 Å². The van der Waals surface area contributed by atoms with E-state index in [0.29, 0.717) is 35.4 Å². The standard InChI is InChI=1S/C25H26F3N3O2/c1-16-10-17(4-6-21(16)26)11-19-14-31(25(33)29-8-9-30(2)3)15-20(24(19)32)12-18-5-7-22(27)23(28)13-18/h4-7,10-13H,8-9,14-15H2,1-3H3,(H,29,33)/b19-11+,20-12+. The number of likely N-dealkylation sites (tertiary alicyclic amines) is 1. The number of carbonyl (C=O) groups is 2. The number of halogens is 3. The van der Waals surface area contributed by atoms with E-state index in [4.69, 9.17) is 0 Å². The van der Waals surface area contributed by atoms with Crippen molar-refractivity contribution in [2.75, 3.05) is 40.3 Å². The molecule has 1 N–H and O–H groups in total. The number of likely N-dealkylation sites (N-methyl/N-ethyl adjacent to an activating group) is 1. The SMILES string of the molecule is Cc1cc(/C=C2\CN(C(=O)NCCN(C)C)C/C(=C\c3ccc(F)c(F)c3)C2=O)ccc1F. The number of nitrogens with zero attached hydrogens (tertiary/aromatic N) is 2. The largest absolute Gasteiger partial charge is 0.337 e. The van der Waals surface area contributed by atoms with E-state index in [-0.39, 0.29) is 36.3 Å². The van der Waals surface area contributed by atoms with E-state index >= 15 is 0 Å². The number of rotatable bonds is 5. The van der Waals surface area contributed by atoms with E-state index in [9.17, 15) is 22.8 Å². The molecule has 5 nitrogen and oxygen atoms in total. The van der Waals surface area contributed by atoms with Crippen LogP contribution in [0.1, 0.15) is 16.7 Å². The summed E-state index contributed by atoms with van der Waals surface area (Å²) in [6, 6.07) is 7.49. The third kappa shape index (κ3) is 6.32. The second-order valence-electron chi connectivity index (χ2n) is 8.24. The highest BCUT2D eigenvalue weighted by Gasteiger charge is 2.29. The van der Waals surface area contributed by atoms with Gasteiger partial charge in [-0.3, -0.25) is 4.79 Å². The molecule has 0 bridgehead atoms. The fraction of sp³-hybridized carbons (Fsp3) is 0.280. The average Bonchev–Trinajstić information content (AvgIpc) is 2.75. The van der Waals surface area contributed by atoms with Gasteiger partial charge in [0.05, 0.1) is 13.1 Å². The highest BCUT2D eigenvalue weighted by Crippen LogP contribution is 2.23. The summed E-state index contributed by atoms with van der Waals surface area (Å²) in [5.41, 5.74) is 1.97. The van der Waals surface area contributed by atoms with E-state index in [1.807, 2.05) is 19.0 Å². The van der Waals surface area contributed by atoms with Gasteiger partial charge >= 0.3 is 6.03 Å². The lowest BCUT2D eigenvalue weighted by Gasteiger charge is -2.30. The van der Waals surface area contributed by atoms with E-state index in [1.54, 1.807) is 25.1 Å². The van der Waals surface area contributed by atoms with Crippen molar-refractivity contribution in [3.8, 4) is 0 Å². The predicted molar refractivity (Wildman–Crippen MR) is 122 cm³/mol. The van der Waals surface area contributed by atoms with Crippen LogP contribution < -0.4 is 5.32 Å². The van der Waals surface area contributed by atoms with Crippen LogP contribution >= 0.6 is 0 Å². The molecule has 1 aliphatic rings. The molecule has 1 saturated heterocycles. The summed E-state index contributed by atoms with van der Waals surface area (Å²) in [6.45, 7) is 2.78. The molecule has 0 unspecified atom stereocenters. The van der Waals surface area contributed by atoms with Gasteiger partial charge in [0.25, 0.3) is 0 Å². The van der Waals surface area contributed by atoms with Crippen LogP contribution in [-0.4, -0.2) is 61.9 Å². The molecule has 3 rings (SSSR count). The first kappa shape index (κ1) is 24.3. The summed E-state index contributed by atoms with van der Waals surface area (Å²) in [6.07, 6.45) is 3.07. The summed E-state index contributed by atoms with van der Waals surface area (Å²) in [5.74, 6) is -2.67. The van der Waals surface area contributed by atoms with Gasteiger partial charge in [0, 0.05) is 24.2 Å². The van der Waals surface area contributed by atoms with Crippen molar-refractivity contribution >= 4 is 24.0 Å². The maximum absolute atomic E-state index is 13.7. The van der Waals surface area contributed by atoms with E-state index in [0.717, 1.165) is 12.1 Å². The van der Waals surface area contributed by atoms with Gasteiger partial charge in [-0.05, 0) is 74.1 Å². The molecule has 8 heteroatoms. The molecule has 0 saturated carbocycles. The number of urea groups is 1. The molecule has 0 aliphatic carbocycles. The number of ketones is 1. The molecule has 2 amide bonds. The molecular formula is C25H26F3N3O2. The topological polar surface area (TPSA) is 52.7 Å². The lowest BCUT2D eigenvalue weighted by molar-refractivity contribution is -0.113. The van der Waals surface area contributed by atoms with Crippen molar-refractivity contribution in [2.24, 2.45) is 0 Å². The minimum Gasteiger partial charge on any atom is -0.337 e. The Labute approximate surface area is 191 Å². The van der Waals surface area contributed by atoms with Crippen molar-refractivity contribution in [1.29, 1.82) is 0 Å². The summed E-state index contributed by atoms with van der Waals surface area (Å²) >= 11 is 0. The van der Waals surface area contributed by atoms with Gasteiger partial charge < -0.3 is 15.1 Å². The van der Waals surface area contributed by atoms with E-state index in [2.05, 4.69) is 5.32 Å². The van der Waals surface area contributed by atoms with Crippen molar-refractivity contribution in [2.45, 2.75) is 6.92 Å². The van der Waals surface area contributed by atoms with E-state index < -0.39 is 11.6 Å². The summed E-state index contributed by atoms with van der Waals surface area (Å²) < 4.78 is 40.6. The highest BCUT2D eigenvalue weighted by molar-refractivity contribution is 6.15. The third-order valence-electron chi connectivity index (χ3n) is 5.24. The molecule has 1 aliphatic heterocycles. The van der Waals surface area contributed by atoms with E-state index in [1.165, 1.54) is 23.1 Å². The zero-order valence-corrected chi connectivity index (χ0v) is 18.8. The van der Waals surface area contributed by atoms with Crippen LogP contribution in [0.4, 0.5) is 18.0 Å². The van der Waals surface area contributed by atoms with Crippen molar-refractivity contribution < 1.29 is 22.8 Å². The quantitative estimate of drug-likeness (QED) is 0.690. The molecule has 1 fully saturated rings. The number of piperidine rings is 1. The molecule has 0 radical (unpaired) electrons. The van der Waals surface area contributed by atoms with Crippen LogP contribution in [0.2, 0.25) is 0 Å². The van der Waals surface area contributed by atoms with Crippen molar-refractivity contribution in [1.82, 2.24) is 15.1 Å². The Balaban J connectivity index is 1.94. The maximum atomic E-state index is 13.7. The van der Waals surface area contributed by atoms with Crippen LogP contribution in [0.5, 0.6) is 0 Å². The lowest BCUT2D eigenvalue weighted by atomic mass is 9.94. The predicted octanol–water partition coefficient (Wildman–Crippen LogP) is 4.04. The number of carbonyl (C=O) groups excluding carboxylic acids is 2. The monoisotopic (exact) mass is 457 g/mol. The average molecular weight is 457 g/mol. The highest BCUT2D eigenvalue weighted by atomic mass is 19.2. The number of hydrogen-bond donors (Lipinski definition) is 1. The number of Topliss-reactive ketones (excluding diaryl/α,β-unsaturated/α-hetero) is 1. The molecule has 174 valence electrons. The first-order valence-corrected chi connectivity index (χ1v) is 10.5. The number of nitrogens with one attached hydrogen (secondary N) is 1. The Bertz CT molecular complexity index is 1050. The van der Waals surface area contributed by atoms with Gasteiger partial charge in [-0.1, -0.05) is 12.1 Å². The molecule has 1 heterocycles. The van der Waals surface area contributed by atoms with Crippen LogP contribution in [0.3, 0.4) is 0 Å². The van der Waals surface area contributed by atoms with Gasteiger partial charge in [0.1, 0.15) is 5.82 Å². The molecule has 0 atom stereocenters. The first-order chi connectivity index (χ1) is 15.6. The molecule has 2 aromatic rings. The second kappa shape index (κ2) is 10.5. The Morgan fingerprint density at radius 3 is 2.09 bits per heavy atom. The molecule has 0 aromatic heterocycles.